The first kappa shape index (κ1) is 24.2. The molecule has 0 bridgehead atoms. The van der Waals surface area contributed by atoms with Crippen LogP contribution < -0.4 is 0 Å². The fraction of sp³-hybridized carbons (Fsp3) is 0. The molecule has 0 N–H and O–H groups in total. The number of hydrogen-bond donors (Lipinski definition) is 0. The predicted molar refractivity (Wildman–Crippen MR) is 171 cm³/mol. The van der Waals surface area contributed by atoms with Crippen molar-refractivity contribution in [3.63, 3.8) is 0 Å². The Morgan fingerprint density at radius 2 is 0.854 bits per heavy atom. The Balaban J connectivity index is 1.36. The van der Waals surface area contributed by atoms with E-state index in [0.717, 1.165) is 22.1 Å². The number of nitrogens with zero attached hydrogens (tertiary/aromatic N) is 3. The van der Waals surface area contributed by atoms with Gasteiger partial charge in [-0.05, 0) is 0 Å². The molecule has 0 radical (unpaired) electrons. The first-order valence-corrected chi connectivity index (χ1v) is 16.0. The summed E-state index contributed by atoms with van der Waals surface area (Å²) in [6.45, 7) is 0. The Morgan fingerprint density at radius 3 is 1.54 bits per heavy atom. The van der Waals surface area contributed by atoms with Crippen LogP contribution in [0.3, 0.4) is 0 Å². The van der Waals surface area contributed by atoms with Gasteiger partial charge in [0.25, 0.3) is 0 Å². The van der Waals surface area contributed by atoms with Gasteiger partial charge in [-0.3, -0.25) is 0 Å². The molecule has 0 saturated carbocycles. The average molecular weight is 637 g/mol. The van der Waals surface area contributed by atoms with Crippen LogP contribution in [0.4, 0.5) is 0 Å². The van der Waals surface area contributed by atoms with E-state index in [1.54, 1.807) is 0 Å². The third kappa shape index (κ3) is 4.24. The van der Waals surface area contributed by atoms with Crippen molar-refractivity contribution in [2.75, 3.05) is 0 Å². The monoisotopic (exact) mass is 639 g/mol. The van der Waals surface area contributed by atoms with Crippen molar-refractivity contribution in [2.45, 2.75) is 0 Å². The molecule has 0 aliphatic rings. The minimum absolute atomic E-state index is 0.466. The Labute approximate surface area is 247 Å². The molecule has 0 fully saturated rings. The molecule has 8 aromatic rings. The van der Waals surface area contributed by atoms with E-state index in [1.165, 1.54) is 34.1 Å². The number of rotatable bonds is 4. The minimum atomic E-state index is -0.466. The van der Waals surface area contributed by atoms with Crippen molar-refractivity contribution >= 4 is 48.8 Å². The number of benzene rings is 6. The molecular weight excluding hydrogens is 614 g/mol. The van der Waals surface area contributed by atoms with Gasteiger partial charge >= 0.3 is 236 Å². The summed E-state index contributed by atoms with van der Waals surface area (Å²) in [7, 11) is 0. The SMILES string of the molecule is c1ccc(-c2nc(-c3ccccc3)nc(-c3ccc(-c4cccc5c4[te]c4ccccc45)c4ccccc34)n2)cc1. The topological polar surface area (TPSA) is 38.7 Å². The van der Waals surface area contributed by atoms with Crippen LogP contribution >= 0.6 is 0 Å². The van der Waals surface area contributed by atoms with Crippen LogP contribution in [0, 0.1) is 0 Å². The van der Waals surface area contributed by atoms with Crippen LogP contribution in [0.15, 0.2) is 140 Å². The molecule has 192 valence electrons. The summed E-state index contributed by atoms with van der Waals surface area (Å²) in [4.78, 5) is 14.9. The molecule has 41 heavy (non-hydrogen) atoms. The van der Waals surface area contributed by atoms with Crippen LogP contribution in [-0.2, 0) is 0 Å². The molecule has 2 aromatic heterocycles. The summed E-state index contributed by atoms with van der Waals surface area (Å²) < 4.78 is 3.04. The molecule has 0 aliphatic heterocycles. The van der Waals surface area contributed by atoms with E-state index in [2.05, 4.69) is 78.9 Å². The summed E-state index contributed by atoms with van der Waals surface area (Å²) >= 11 is -0.466. The number of fused-ring (bicyclic) bond motifs is 4. The normalized spacial score (nSPS) is 11.4. The number of aromatic nitrogens is 3. The van der Waals surface area contributed by atoms with E-state index >= 15 is 0 Å². The van der Waals surface area contributed by atoms with Crippen molar-refractivity contribution in [3.8, 4) is 45.3 Å². The van der Waals surface area contributed by atoms with E-state index in [9.17, 15) is 0 Å². The van der Waals surface area contributed by atoms with Crippen LogP contribution in [0.5, 0.6) is 0 Å². The second-order valence-electron chi connectivity index (χ2n) is 10.0. The van der Waals surface area contributed by atoms with Crippen molar-refractivity contribution in [2.24, 2.45) is 0 Å². The molecule has 0 atom stereocenters. The van der Waals surface area contributed by atoms with Crippen LogP contribution in [-0.4, -0.2) is 35.4 Å². The van der Waals surface area contributed by atoms with Gasteiger partial charge in [0.1, 0.15) is 0 Å². The zero-order valence-electron chi connectivity index (χ0n) is 22.0. The third-order valence-electron chi connectivity index (χ3n) is 7.56. The standard InChI is InChI=1S/C37H23N3Te/c1-3-12-24(13-4-1)35-38-36(25-14-5-2-6-15-25)40-37(39-35)32-23-22-28(26-16-7-8-17-27(26)32)30-19-11-20-31-29-18-9-10-21-33(29)41-34(30)31/h1-23H. The van der Waals surface area contributed by atoms with Crippen LogP contribution in [0.1, 0.15) is 0 Å². The molecular formula is C37H23N3Te. The predicted octanol–water partition coefficient (Wildman–Crippen LogP) is 9.06. The fourth-order valence-electron chi connectivity index (χ4n) is 5.62. The Morgan fingerprint density at radius 1 is 0.341 bits per heavy atom. The molecule has 0 amide bonds. The van der Waals surface area contributed by atoms with Crippen molar-refractivity contribution in [1.29, 1.82) is 0 Å². The maximum absolute atomic E-state index is 5.02. The summed E-state index contributed by atoms with van der Waals surface area (Å²) in [5, 5.41) is 5.15. The van der Waals surface area contributed by atoms with Gasteiger partial charge in [-0.1, -0.05) is 12.1 Å². The second-order valence-corrected chi connectivity index (χ2v) is 13.0. The molecule has 0 unspecified atom stereocenters. The fourth-order valence-corrected chi connectivity index (χ4v) is 9.13. The van der Waals surface area contributed by atoms with E-state index in [4.69, 9.17) is 15.0 Å². The first-order chi connectivity index (χ1) is 20.3. The quantitative estimate of drug-likeness (QED) is 0.181. The maximum atomic E-state index is 5.02. The average Bonchev–Trinajstić information content (AvgIpc) is 3.44. The molecule has 4 heteroatoms. The second kappa shape index (κ2) is 10.1. The van der Waals surface area contributed by atoms with Crippen LogP contribution in [0.25, 0.3) is 73.6 Å². The Hall–Kier alpha value is -4.62. The van der Waals surface area contributed by atoms with Gasteiger partial charge in [0.05, 0.1) is 0 Å². The summed E-state index contributed by atoms with van der Waals surface area (Å²) in [6.07, 6.45) is 0. The van der Waals surface area contributed by atoms with Crippen molar-refractivity contribution in [3.05, 3.63) is 140 Å². The van der Waals surface area contributed by atoms with Gasteiger partial charge in [-0.15, -0.1) is 0 Å². The molecule has 0 spiro atoms. The van der Waals surface area contributed by atoms with Gasteiger partial charge in [0.2, 0.25) is 0 Å². The molecule has 3 nitrogen and oxygen atoms in total. The molecule has 2 heterocycles. The molecule has 8 rings (SSSR count). The van der Waals surface area contributed by atoms with E-state index in [1.807, 2.05) is 60.7 Å². The van der Waals surface area contributed by atoms with Gasteiger partial charge in [0, 0.05) is 0 Å². The van der Waals surface area contributed by atoms with E-state index < -0.39 is 20.4 Å². The molecule has 6 aromatic carbocycles. The third-order valence-corrected chi connectivity index (χ3v) is 11.0. The van der Waals surface area contributed by atoms with Gasteiger partial charge < -0.3 is 0 Å². The molecule has 0 saturated heterocycles. The van der Waals surface area contributed by atoms with Crippen LogP contribution in [0.2, 0.25) is 0 Å². The Bertz CT molecular complexity index is 2140. The first-order valence-electron chi connectivity index (χ1n) is 13.6. The van der Waals surface area contributed by atoms with Crippen molar-refractivity contribution in [1.82, 2.24) is 15.0 Å². The zero-order chi connectivity index (χ0) is 27.2. The summed E-state index contributed by atoms with van der Waals surface area (Å²) in [5.41, 5.74) is 5.55. The van der Waals surface area contributed by atoms with Crippen molar-refractivity contribution < 1.29 is 0 Å². The van der Waals surface area contributed by atoms with Gasteiger partial charge in [-0.25, -0.2) is 0 Å². The number of hydrogen-bond acceptors (Lipinski definition) is 3. The van der Waals surface area contributed by atoms with Gasteiger partial charge in [-0.2, -0.15) is 0 Å². The summed E-state index contributed by atoms with van der Waals surface area (Å²) in [5.74, 6) is 2.03. The summed E-state index contributed by atoms with van der Waals surface area (Å²) in [6, 6.07) is 49.1. The molecule has 0 aliphatic carbocycles. The zero-order valence-corrected chi connectivity index (χ0v) is 24.4. The van der Waals surface area contributed by atoms with E-state index in [0.29, 0.717) is 17.5 Å². The Kier molecular flexibility index (Phi) is 5.95. The van der Waals surface area contributed by atoms with E-state index in [-0.39, 0.29) is 0 Å². The van der Waals surface area contributed by atoms with Gasteiger partial charge in [0.15, 0.2) is 0 Å².